The maximum Gasteiger partial charge on any atom is 0.336 e. The van der Waals surface area contributed by atoms with Crippen molar-refractivity contribution < 1.29 is 47.2 Å². The first-order valence-corrected chi connectivity index (χ1v) is 5.58. The van der Waals surface area contributed by atoms with E-state index < -0.39 is 48.8 Å². The molecule has 0 heterocycles. The normalized spacial score (nSPS) is 14.5. The molecule has 0 rings (SSSR count). The van der Waals surface area contributed by atoms with Crippen LogP contribution in [0.5, 0.6) is 0 Å². The van der Waals surface area contributed by atoms with Crippen molar-refractivity contribution in [3.63, 3.8) is 0 Å². The van der Waals surface area contributed by atoms with E-state index in [0.717, 1.165) is 0 Å². The average Bonchev–Trinajstić information content (AvgIpc) is 2.26. The standard InChI is InChI=1S/C11H13F3O7/c1-2-20-8(15)4-11(19,10(17)18)5-9(16)21-7(14)3-6(12)13/h3,7,19H,2,4-5H2,1H3,(H,17,18). The van der Waals surface area contributed by atoms with Gasteiger partial charge in [-0.05, 0) is 6.92 Å². The molecule has 2 atom stereocenters. The van der Waals surface area contributed by atoms with Crippen LogP contribution in [0.4, 0.5) is 13.2 Å². The lowest BCUT2D eigenvalue weighted by molar-refractivity contribution is -0.176. The minimum atomic E-state index is -2.89. The minimum absolute atomic E-state index is 0.0912. The van der Waals surface area contributed by atoms with Gasteiger partial charge in [-0.15, -0.1) is 0 Å². The van der Waals surface area contributed by atoms with Gasteiger partial charge in [-0.25, -0.2) is 4.79 Å². The van der Waals surface area contributed by atoms with E-state index in [1.54, 1.807) is 0 Å². The topological polar surface area (TPSA) is 110 Å². The fourth-order valence-corrected chi connectivity index (χ4v) is 1.20. The molecular weight excluding hydrogens is 301 g/mol. The average molecular weight is 314 g/mol. The van der Waals surface area contributed by atoms with Crippen LogP contribution in [0, 0.1) is 0 Å². The summed E-state index contributed by atoms with van der Waals surface area (Å²) >= 11 is 0. The Balaban J connectivity index is 4.77. The molecule has 2 unspecified atom stereocenters. The van der Waals surface area contributed by atoms with Crippen LogP contribution >= 0.6 is 0 Å². The molecule has 0 aromatic carbocycles. The molecular formula is C11H13F3O7. The molecule has 0 saturated heterocycles. The molecule has 0 amide bonds. The highest BCUT2D eigenvalue weighted by molar-refractivity contribution is 5.89. The second-order valence-corrected chi connectivity index (χ2v) is 3.79. The number of aliphatic hydroxyl groups is 1. The first-order valence-electron chi connectivity index (χ1n) is 5.58. The van der Waals surface area contributed by atoms with E-state index >= 15 is 0 Å². The molecule has 21 heavy (non-hydrogen) atoms. The van der Waals surface area contributed by atoms with Crippen molar-refractivity contribution in [3.05, 3.63) is 12.2 Å². The second kappa shape index (κ2) is 8.25. The van der Waals surface area contributed by atoms with Gasteiger partial charge in [0.1, 0.15) is 0 Å². The highest BCUT2D eigenvalue weighted by Gasteiger charge is 2.42. The van der Waals surface area contributed by atoms with Crippen molar-refractivity contribution >= 4 is 17.9 Å². The monoisotopic (exact) mass is 314 g/mol. The number of rotatable bonds is 8. The Morgan fingerprint density at radius 3 is 2.19 bits per heavy atom. The molecule has 0 saturated carbocycles. The van der Waals surface area contributed by atoms with Gasteiger partial charge in [0.25, 0.3) is 12.4 Å². The van der Waals surface area contributed by atoms with E-state index in [1.807, 2.05) is 0 Å². The third-order valence-corrected chi connectivity index (χ3v) is 2.08. The molecule has 0 aromatic heterocycles. The first kappa shape index (κ1) is 18.9. The Bertz CT molecular complexity index is 434. The van der Waals surface area contributed by atoms with Gasteiger partial charge in [0.2, 0.25) is 0 Å². The number of ether oxygens (including phenoxy) is 2. The molecule has 2 N–H and O–H groups in total. The Kier molecular flexibility index (Phi) is 7.42. The molecule has 0 bridgehead atoms. The number of halogens is 3. The van der Waals surface area contributed by atoms with Gasteiger partial charge in [0.05, 0.1) is 25.5 Å². The van der Waals surface area contributed by atoms with Crippen molar-refractivity contribution in [2.75, 3.05) is 6.61 Å². The molecule has 10 heteroatoms. The van der Waals surface area contributed by atoms with E-state index in [4.69, 9.17) is 5.11 Å². The van der Waals surface area contributed by atoms with Crippen LogP contribution < -0.4 is 0 Å². The van der Waals surface area contributed by atoms with E-state index in [1.165, 1.54) is 6.92 Å². The fourth-order valence-electron chi connectivity index (χ4n) is 1.20. The highest BCUT2D eigenvalue weighted by atomic mass is 19.3. The predicted octanol–water partition coefficient (Wildman–Crippen LogP) is 0.765. The first-order chi connectivity index (χ1) is 9.60. The number of carbonyl (C=O) groups is 3. The van der Waals surface area contributed by atoms with E-state index in [0.29, 0.717) is 0 Å². The van der Waals surface area contributed by atoms with Crippen LogP contribution in [0.15, 0.2) is 12.2 Å². The Labute approximate surface area is 116 Å². The largest absolute Gasteiger partial charge is 0.479 e. The number of aliphatic carboxylic acids is 1. The SMILES string of the molecule is CCOC(=O)CC(O)(CC(=O)OC(F)C=C(F)F)C(=O)O. The van der Waals surface area contributed by atoms with Crippen molar-refractivity contribution in [1.82, 2.24) is 0 Å². The van der Waals surface area contributed by atoms with Gasteiger partial charge in [-0.1, -0.05) is 0 Å². The number of esters is 2. The lowest BCUT2D eigenvalue weighted by atomic mass is 9.96. The Morgan fingerprint density at radius 2 is 1.76 bits per heavy atom. The fraction of sp³-hybridized carbons (Fsp3) is 0.545. The van der Waals surface area contributed by atoms with Crippen LogP contribution in [0.2, 0.25) is 0 Å². The summed E-state index contributed by atoms with van der Waals surface area (Å²) in [4.78, 5) is 33.2. The smallest absolute Gasteiger partial charge is 0.336 e. The van der Waals surface area contributed by atoms with E-state index in [2.05, 4.69) is 9.47 Å². The molecule has 0 aliphatic rings. The zero-order chi connectivity index (χ0) is 16.6. The second-order valence-electron chi connectivity index (χ2n) is 3.79. The lowest BCUT2D eigenvalue weighted by Crippen LogP contribution is -2.43. The summed E-state index contributed by atoms with van der Waals surface area (Å²) < 4.78 is 44.3. The zero-order valence-corrected chi connectivity index (χ0v) is 10.8. The Hall–Kier alpha value is -2.10. The number of hydrogen-bond acceptors (Lipinski definition) is 6. The van der Waals surface area contributed by atoms with Crippen LogP contribution in [-0.4, -0.2) is 46.7 Å². The number of hydrogen-bond donors (Lipinski definition) is 2. The summed E-state index contributed by atoms with van der Waals surface area (Å²) in [7, 11) is 0. The van der Waals surface area contributed by atoms with Gasteiger partial charge in [0.15, 0.2) is 5.60 Å². The van der Waals surface area contributed by atoms with E-state index in [9.17, 15) is 32.7 Å². The third-order valence-electron chi connectivity index (χ3n) is 2.08. The summed E-state index contributed by atoms with van der Waals surface area (Å²) in [6.07, 6.45) is -7.99. The Morgan fingerprint density at radius 1 is 1.24 bits per heavy atom. The summed E-state index contributed by atoms with van der Waals surface area (Å²) in [6.45, 7) is 1.34. The predicted molar refractivity (Wildman–Crippen MR) is 59.7 cm³/mol. The molecule has 0 spiro atoms. The van der Waals surface area contributed by atoms with Crippen LogP contribution in [0.25, 0.3) is 0 Å². The lowest BCUT2D eigenvalue weighted by Gasteiger charge is -2.21. The molecule has 0 aromatic rings. The van der Waals surface area contributed by atoms with Crippen molar-refractivity contribution in [2.45, 2.75) is 31.7 Å². The highest BCUT2D eigenvalue weighted by Crippen LogP contribution is 2.19. The van der Waals surface area contributed by atoms with Gasteiger partial charge in [-0.2, -0.15) is 13.2 Å². The van der Waals surface area contributed by atoms with Gasteiger partial charge in [0, 0.05) is 0 Å². The van der Waals surface area contributed by atoms with E-state index in [-0.39, 0.29) is 12.7 Å². The molecule has 0 radical (unpaired) electrons. The van der Waals surface area contributed by atoms with Gasteiger partial charge >= 0.3 is 17.9 Å². The van der Waals surface area contributed by atoms with Crippen LogP contribution in [-0.2, 0) is 23.9 Å². The van der Waals surface area contributed by atoms with Crippen LogP contribution in [0.3, 0.4) is 0 Å². The van der Waals surface area contributed by atoms with Crippen molar-refractivity contribution in [2.24, 2.45) is 0 Å². The quantitative estimate of drug-likeness (QED) is 0.636. The summed E-state index contributed by atoms with van der Waals surface area (Å²) in [5.41, 5.74) is -2.89. The number of carbonyl (C=O) groups excluding carboxylic acids is 2. The summed E-state index contributed by atoms with van der Waals surface area (Å²) in [5.74, 6) is -4.67. The number of carboxylic acids is 1. The van der Waals surface area contributed by atoms with Gasteiger partial charge < -0.3 is 19.7 Å². The maximum absolute atomic E-state index is 12.7. The van der Waals surface area contributed by atoms with Gasteiger partial charge in [-0.3, -0.25) is 9.59 Å². The number of alkyl halides is 1. The summed E-state index contributed by atoms with van der Waals surface area (Å²) in [6, 6.07) is 0. The minimum Gasteiger partial charge on any atom is -0.479 e. The third kappa shape index (κ3) is 7.30. The number of carboxylic acid groups (broad SMARTS) is 1. The molecule has 120 valence electrons. The molecule has 0 aliphatic heterocycles. The molecule has 0 fully saturated rings. The summed E-state index contributed by atoms with van der Waals surface area (Å²) in [5, 5.41) is 18.5. The van der Waals surface area contributed by atoms with Crippen molar-refractivity contribution in [1.29, 1.82) is 0 Å². The molecule has 7 nitrogen and oxygen atoms in total. The maximum atomic E-state index is 12.7. The van der Waals surface area contributed by atoms with Crippen molar-refractivity contribution in [3.8, 4) is 0 Å². The molecule has 0 aliphatic carbocycles. The zero-order valence-electron chi connectivity index (χ0n) is 10.8. The van der Waals surface area contributed by atoms with Crippen LogP contribution in [0.1, 0.15) is 19.8 Å².